The van der Waals surface area contributed by atoms with Gasteiger partial charge in [0.2, 0.25) is 0 Å². The molecule has 0 saturated carbocycles. The molecule has 2 rings (SSSR count). The summed E-state index contributed by atoms with van der Waals surface area (Å²) in [5, 5.41) is 4.59. The molecule has 1 heterocycles. The molecular formula is C12H12ClN3O. The van der Waals surface area contributed by atoms with Crippen LogP contribution in [0.1, 0.15) is 22.0 Å². The number of carbonyl (C=O) groups excluding carboxylic acids is 1. The molecule has 88 valence electrons. The van der Waals surface area contributed by atoms with Gasteiger partial charge in [-0.1, -0.05) is 11.6 Å². The largest absolute Gasteiger partial charge is 0.317 e. The first-order valence-corrected chi connectivity index (χ1v) is 5.49. The molecule has 0 aliphatic carbocycles. The van der Waals surface area contributed by atoms with Crippen molar-refractivity contribution in [2.45, 2.75) is 6.04 Å². The van der Waals surface area contributed by atoms with Crippen molar-refractivity contribution in [2.75, 3.05) is 0 Å². The van der Waals surface area contributed by atoms with Crippen molar-refractivity contribution in [3.05, 3.63) is 52.8 Å². The number of rotatable bonds is 3. The van der Waals surface area contributed by atoms with Gasteiger partial charge in [0.1, 0.15) is 0 Å². The van der Waals surface area contributed by atoms with Gasteiger partial charge in [0.15, 0.2) is 5.78 Å². The fourth-order valence-corrected chi connectivity index (χ4v) is 1.67. The maximum atomic E-state index is 12.1. The number of Topliss-reactive ketones (excluding diaryl/α,β-unsaturated/α-hetero) is 1. The van der Waals surface area contributed by atoms with Crippen LogP contribution in [0.3, 0.4) is 0 Å². The molecule has 0 spiro atoms. The molecule has 2 aromatic rings. The quantitative estimate of drug-likeness (QED) is 0.846. The molecule has 4 nitrogen and oxygen atoms in total. The minimum Gasteiger partial charge on any atom is -0.317 e. The van der Waals surface area contributed by atoms with E-state index < -0.39 is 6.04 Å². The SMILES string of the molecule is Cn1cc(C(N)C(=O)c2ccc(Cl)cc2)cn1. The van der Waals surface area contributed by atoms with Crippen molar-refractivity contribution in [1.82, 2.24) is 9.78 Å². The van der Waals surface area contributed by atoms with Crippen LogP contribution in [-0.2, 0) is 7.05 Å². The van der Waals surface area contributed by atoms with Gasteiger partial charge >= 0.3 is 0 Å². The van der Waals surface area contributed by atoms with E-state index >= 15 is 0 Å². The second kappa shape index (κ2) is 4.69. The monoisotopic (exact) mass is 249 g/mol. The highest BCUT2D eigenvalue weighted by atomic mass is 35.5. The number of hydrogen-bond donors (Lipinski definition) is 1. The van der Waals surface area contributed by atoms with Crippen molar-refractivity contribution in [2.24, 2.45) is 12.8 Å². The summed E-state index contributed by atoms with van der Waals surface area (Å²) in [6.07, 6.45) is 3.33. The fourth-order valence-electron chi connectivity index (χ4n) is 1.55. The van der Waals surface area contributed by atoms with E-state index in [0.29, 0.717) is 16.1 Å². The maximum absolute atomic E-state index is 12.1. The average Bonchev–Trinajstić information content (AvgIpc) is 2.75. The number of aromatic nitrogens is 2. The summed E-state index contributed by atoms with van der Waals surface area (Å²) in [4.78, 5) is 12.1. The lowest BCUT2D eigenvalue weighted by Gasteiger charge is -2.08. The van der Waals surface area contributed by atoms with Crippen LogP contribution in [0.25, 0.3) is 0 Å². The molecular weight excluding hydrogens is 238 g/mol. The molecule has 0 fully saturated rings. The van der Waals surface area contributed by atoms with Crippen molar-refractivity contribution < 1.29 is 4.79 Å². The Morgan fingerprint density at radius 1 is 1.41 bits per heavy atom. The van der Waals surface area contributed by atoms with E-state index in [9.17, 15) is 4.79 Å². The van der Waals surface area contributed by atoms with Crippen LogP contribution in [0.15, 0.2) is 36.7 Å². The van der Waals surface area contributed by atoms with Crippen LogP contribution < -0.4 is 5.73 Å². The van der Waals surface area contributed by atoms with Crippen molar-refractivity contribution in [1.29, 1.82) is 0 Å². The highest BCUT2D eigenvalue weighted by molar-refractivity contribution is 6.30. The Kier molecular flexibility index (Phi) is 3.26. The number of carbonyl (C=O) groups is 1. The Hall–Kier alpha value is -1.65. The third-order valence-electron chi connectivity index (χ3n) is 2.50. The van der Waals surface area contributed by atoms with Crippen LogP contribution in [0.5, 0.6) is 0 Å². The van der Waals surface area contributed by atoms with Crippen molar-refractivity contribution in [3.63, 3.8) is 0 Å². The Labute approximate surface area is 104 Å². The number of benzene rings is 1. The minimum absolute atomic E-state index is 0.144. The van der Waals surface area contributed by atoms with Crippen LogP contribution in [0.2, 0.25) is 5.02 Å². The standard InChI is InChI=1S/C12H12ClN3O/c1-16-7-9(6-15-16)11(14)12(17)8-2-4-10(13)5-3-8/h2-7,11H,14H2,1H3. The molecule has 1 aromatic carbocycles. The van der Waals surface area contributed by atoms with E-state index in [0.717, 1.165) is 0 Å². The zero-order valence-corrected chi connectivity index (χ0v) is 10.1. The molecule has 0 radical (unpaired) electrons. The lowest BCUT2D eigenvalue weighted by Crippen LogP contribution is -2.21. The third kappa shape index (κ3) is 2.54. The molecule has 1 aromatic heterocycles. The number of halogens is 1. The van der Waals surface area contributed by atoms with Gasteiger partial charge in [0.05, 0.1) is 12.2 Å². The van der Waals surface area contributed by atoms with Crippen LogP contribution in [0, 0.1) is 0 Å². The molecule has 0 aliphatic heterocycles. The summed E-state index contributed by atoms with van der Waals surface area (Å²) in [5.41, 5.74) is 7.13. The summed E-state index contributed by atoms with van der Waals surface area (Å²) in [5.74, 6) is -0.144. The van der Waals surface area contributed by atoms with Crippen molar-refractivity contribution in [3.8, 4) is 0 Å². The maximum Gasteiger partial charge on any atom is 0.184 e. The van der Waals surface area contributed by atoms with Gasteiger partial charge in [-0.3, -0.25) is 9.48 Å². The smallest absolute Gasteiger partial charge is 0.184 e. The number of ketones is 1. The van der Waals surface area contributed by atoms with E-state index in [1.54, 1.807) is 48.4 Å². The molecule has 5 heteroatoms. The van der Waals surface area contributed by atoms with Crippen LogP contribution in [-0.4, -0.2) is 15.6 Å². The van der Waals surface area contributed by atoms with E-state index in [2.05, 4.69) is 5.10 Å². The lowest BCUT2D eigenvalue weighted by atomic mass is 10.0. The number of nitrogens with two attached hydrogens (primary N) is 1. The molecule has 1 unspecified atom stereocenters. The second-order valence-electron chi connectivity index (χ2n) is 3.80. The normalized spacial score (nSPS) is 12.4. The predicted molar refractivity (Wildman–Crippen MR) is 65.9 cm³/mol. The Bertz CT molecular complexity index is 533. The molecule has 0 amide bonds. The van der Waals surface area contributed by atoms with Gasteiger partial charge in [-0.05, 0) is 24.3 Å². The fraction of sp³-hybridized carbons (Fsp3) is 0.167. The Balaban J connectivity index is 2.23. The molecule has 2 N–H and O–H groups in total. The lowest BCUT2D eigenvalue weighted by molar-refractivity contribution is 0.0961. The van der Waals surface area contributed by atoms with Gasteiger partial charge in [-0.2, -0.15) is 5.10 Å². The summed E-state index contributed by atoms with van der Waals surface area (Å²) in [6, 6.07) is 5.99. The zero-order chi connectivity index (χ0) is 12.4. The van der Waals surface area contributed by atoms with E-state index in [1.165, 1.54) is 0 Å². The van der Waals surface area contributed by atoms with Gasteiger partial charge in [0, 0.05) is 29.4 Å². The second-order valence-corrected chi connectivity index (χ2v) is 4.23. The number of aryl methyl sites for hydroxylation is 1. The van der Waals surface area contributed by atoms with E-state index in [1.807, 2.05) is 0 Å². The molecule has 17 heavy (non-hydrogen) atoms. The topological polar surface area (TPSA) is 60.9 Å². The predicted octanol–water partition coefficient (Wildman–Crippen LogP) is 1.96. The average molecular weight is 250 g/mol. The van der Waals surface area contributed by atoms with Gasteiger partial charge < -0.3 is 5.73 Å². The summed E-state index contributed by atoms with van der Waals surface area (Å²) in [7, 11) is 1.78. The number of nitrogens with zero attached hydrogens (tertiary/aromatic N) is 2. The Morgan fingerprint density at radius 3 is 2.59 bits per heavy atom. The highest BCUT2D eigenvalue weighted by Crippen LogP contribution is 2.17. The third-order valence-corrected chi connectivity index (χ3v) is 2.75. The van der Waals surface area contributed by atoms with Crippen molar-refractivity contribution >= 4 is 17.4 Å². The van der Waals surface area contributed by atoms with E-state index in [4.69, 9.17) is 17.3 Å². The molecule has 0 saturated heterocycles. The van der Waals surface area contributed by atoms with Crippen LogP contribution >= 0.6 is 11.6 Å². The summed E-state index contributed by atoms with van der Waals surface area (Å²) in [6.45, 7) is 0. The molecule has 0 aliphatic rings. The Morgan fingerprint density at radius 2 is 2.06 bits per heavy atom. The minimum atomic E-state index is -0.690. The first kappa shape index (κ1) is 11.8. The first-order chi connectivity index (χ1) is 8.08. The first-order valence-electron chi connectivity index (χ1n) is 5.12. The van der Waals surface area contributed by atoms with Gasteiger partial charge in [-0.15, -0.1) is 0 Å². The van der Waals surface area contributed by atoms with E-state index in [-0.39, 0.29) is 5.78 Å². The zero-order valence-electron chi connectivity index (χ0n) is 9.30. The van der Waals surface area contributed by atoms with Gasteiger partial charge in [0.25, 0.3) is 0 Å². The van der Waals surface area contributed by atoms with Crippen LogP contribution in [0.4, 0.5) is 0 Å². The molecule has 0 bridgehead atoms. The highest BCUT2D eigenvalue weighted by Gasteiger charge is 2.18. The molecule has 1 atom stereocenters. The summed E-state index contributed by atoms with van der Waals surface area (Å²) < 4.78 is 1.62. The summed E-state index contributed by atoms with van der Waals surface area (Å²) >= 11 is 5.76. The number of hydrogen-bond acceptors (Lipinski definition) is 3. The van der Waals surface area contributed by atoms with Gasteiger partial charge in [-0.25, -0.2) is 0 Å².